The molecule has 0 aliphatic carbocycles. The van der Waals surface area contributed by atoms with Crippen LogP contribution in [0.1, 0.15) is 28.6 Å². The van der Waals surface area contributed by atoms with Crippen LogP contribution in [-0.2, 0) is 4.79 Å². The summed E-state index contributed by atoms with van der Waals surface area (Å²) in [5.41, 5.74) is 3.23. The number of para-hydroxylation sites is 1. The van der Waals surface area contributed by atoms with Crippen LogP contribution in [0.3, 0.4) is 0 Å². The zero-order valence-corrected chi connectivity index (χ0v) is 14.8. The Labute approximate surface area is 150 Å². The van der Waals surface area contributed by atoms with Gasteiger partial charge >= 0.3 is 0 Å². The molecule has 0 saturated heterocycles. The SMILES string of the molecule is CC(=O)Nc1cccc(NC(=O)c2oc3c(Cl)cccc3c2C)c1C. The molecule has 2 amide bonds. The van der Waals surface area contributed by atoms with Crippen LogP contribution in [0.5, 0.6) is 0 Å². The third-order valence-corrected chi connectivity index (χ3v) is 4.31. The average Bonchev–Trinajstić information content (AvgIpc) is 2.90. The Bertz CT molecular complexity index is 992. The normalized spacial score (nSPS) is 10.7. The molecule has 0 aliphatic rings. The number of amides is 2. The fourth-order valence-electron chi connectivity index (χ4n) is 2.70. The van der Waals surface area contributed by atoms with E-state index in [4.69, 9.17) is 16.0 Å². The Kier molecular flexibility index (Phi) is 4.51. The molecule has 6 heteroatoms. The summed E-state index contributed by atoms with van der Waals surface area (Å²) in [6.07, 6.45) is 0. The summed E-state index contributed by atoms with van der Waals surface area (Å²) in [5.74, 6) is -0.324. The number of fused-ring (bicyclic) bond motifs is 1. The lowest BCUT2D eigenvalue weighted by molar-refractivity contribution is -0.114. The Balaban J connectivity index is 1.95. The molecule has 2 aromatic carbocycles. The van der Waals surface area contributed by atoms with Gasteiger partial charge in [-0.2, -0.15) is 0 Å². The van der Waals surface area contributed by atoms with Crippen molar-refractivity contribution in [1.29, 1.82) is 0 Å². The molecule has 0 radical (unpaired) electrons. The molecule has 2 N–H and O–H groups in total. The Morgan fingerprint density at radius 1 is 0.960 bits per heavy atom. The van der Waals surface area contributed by atoms with Crippen molar-refractivity contribution in [2.24, 2.45) is 0 Å². The van der Waals surface area contributed by atoms with Crippen molar-refractivity contribution in [2.45, 2.75) is 20.8 Å². The van der Waals surface area contributed by atoms with E-state index in [1.807, 2.05) is 26.0 Å². The molecule has 0 unspecified atom stereocenters. The number of anilines is 2. The molecular weight excluding hydrogens is 340 g/mol. The number of carbonyl (C=O) groups excluding carboxylic acids is 2. The predicted octanol–water partition coefficient (Wildman–Crippen LogP) is 4.91. The van der Waals surface area contributed by atoms with Gasteiger partial charge in [-0.25, -0.2) is 0 Å². The first-order valence-electron chi connectivity index (χ1n) is 7.74. The van der Waals surface area contributed by atoms with E-state index in [2.05, 4.69) is 10.6 Å². The largest absolute Gasteiger partial charge is 0.449 e. The first-order chi connectivity index (χ1) is 11.9. The number of hydrogen-bond acceptors (Lipinski definition) is 3. The fraction of sp³-hybridized carbons (Fsp3) is 0.158. The van der Waals surface area contributed by atoms with Gasteiger partial charge in [-0.05, 0) is 37.6 Å². The van der Waals surface area contributed by atoms with Gasteiger partial charge in [0.15, 0.2) is 11.3 Å². The highest BCUT2D eigenvalue weighted by Crippen LogP contribution is 2.31. The maximum atomic E-state index is 12.7. The summed E-state index contributed by atoms with van der Waals surface area (Å²) < 4.78 is 5.68. The van der Waals surface area contributed by atoms with E-state index >= 15 is 0 Å². The predicted molar refractivity (Wildman–Crippen MR) is 99.4 cm³/mol. The van der Waals surface area contributed by atoms with E-state index < -0.39 is 0 Å². The molecule has 0 atom stereocenters. The van der Waals surface area contributed by atoms with Gasteiger partial charge in [0.1, 0.15) is 0 Å². The van der Waals surface area contributed by atoms with Crippen molar-refractivity contribution in [3.63, 3.8) is 0 Å². The van der Waals surface area contributed by atoms with Gasteiger partial charge < -0.3 is 15.1 Å². The topological polar surface area (TPSA) is 71.3 Å². The van der Waals surface area contributed by atoms with Gasteiger partial charge in [-0.3, -0.25) is 9.59 Å². The van der Waals surface area contributed by atoms with E-state index in [1.54, 1.807) is 24.3 Å². The van der Waals surface area contributed by atoms with Crippen molar-refractivity contribution < 1.29 is 14.0 Å². The van der Waals surface area contributed by atoms with Gasteiger partial charge in [-0.15, -0.1) is 0 Å². The fourth-order valence-corrected chi connectivity index (χ4v) is 2.91. The molecule has 3 rings (SSSR count). The second-order valence-corrected chi connectivity index (χ2v) is 6.19. The first-order valence-corrected chi connectivity index (χ1v) is 8.12. The number of hydrogen-bond donors (Lipinski definition) is 2. The third kappa shape index (κ3) is 3.23. The molecule has 0 aliphatic heterocycles. The molecule has 0 spiro atoms. The first kappa shape index (κ1) is 17.0. The van der Waals surface area contributed by atoms with Crippen LogP contribution in [0.15, 0.2) is 40.8 Å². The minimum absolute atomic E-state index is 0.172. The van der Waals surface area contributed by atoms with Gasteiger partial charge in [-0.1, -0.05) is 29.8 Å². The lowest BCUT2D eigenvalue weighted by atomic mass is 10.1. The number of nitrogens with one attached hydrogen (secondary N) is 2. The van der Waals surface area contributed by atoms with Crippen molar-refractivity contribution in [3.05, 3.63) is 58.3 Å². The van der Waals surface area contributed by atoms with Crippen molar-refractivity contribution in [1.82, 2.24) is 0 Å². The third-order valence-electron chi connectivity index (χ3n) is 4.01. The van der Waals surface area contributed by atoms with Crippen molar-refractivity contribution >= 4 is 45.8 Å². The highest BCUT2D eigenvalue weighted by molar-refractivity contribution is 6.35. The minimum atomic E-state index is -0.368. The number of benzene rings is 2. The molecule has 5 nitrogen and oxygen atoms in total. The van der Waals surface area contributed by atoms with Crippen LogP contribution in [0.2, 0.25) is 5.02 Å². The summed E-state index contributed by atoms with van der Waals surface area (Å²) in [5, 5.41) is 6.84. The van der Waals surface area contributed by atoms with Crippen LogP contribution in [0.25, 0.3) is 11.0 Å². The molecular formula is C19H17ClN2O3. The van der Waals surface area contributed by atoms with Crippen LogP contribution >= 0.6 is 11.6 Å². The number of aryl methyl sites for hydroxylation is 1. The Morgan fingerprint density at radius 3 is 2.24 bits per heavy atom. The number of rotatable bonds is 3. The quantitative estimate of drug-likeness (QED) is 0.700. The highest BCUT2D eigenvalue weighted by atomic mass is 35.5. The molecule has 1 aromatic heterocycles. The van der Waals surface area contributed by atoms with Gasteiger partial charge in [0, 0.05) is 29.2 Å². The van der Waals surface area contributed by atoms with Crippen LogP contribution < -0.4 is 10.6 Å². The number of halogens is 1. The van der Waals surface area contributed by atoms with Gasteiger partial charge in [0.05, 0.1) is 5.02 Å². The summed E-state index contributed by atoms with van der Waals surface area (Å²) in [4.78, 5) is 23.9. The molecule has 1 heterocycles. The molecule has 0 bridgehead atoms. The Morgan fingerprint density at radius 2 is 1.60 bits per heavy atom. The van der Waals surface area contributed by atoms with Crippen LogP contribution in [0.4, 0.5) is 11.4 Å². The summed E-state index contributed by atoms with van der Waals surface area (Å²) >= 11 is 6.14. The van der Waals surface area contributed by atoms with Gasteiger partial charge in [0.25, 0.3) is 5.91 Å². The van der Waals surface area contributed by atoms with Crippen molar-refractivity contribution in [2.75, 3.05) is 10.6 Å². The maximum absolute atomic E-state index is 12.7. The molecule has 3 aromatic rings. The summed E-state index contributed by atoms with van der Waals surface area (Å²) in [6, 6.07) is 10.7. The number of carbonyl (C=O) groups is 2. The lowest BCUT2D eigenvalue weighted by Crippen LogP contribution is -2.14. The number of furan rings is 1. The molecule has 0 fully saturated rings. The van der Waals surface area contributed by atoms with E-state index in [1.165, 1.54) is 6.92 Å². The van der Waals surface area contributed by atoms with Gasteiger partial charge in [0.2, 0.25) is 5.91 Å². The molecule has 25 heavy (non-hydrogen) atoms. The second-order valence-electron chi connectivity index (χ2n) is 5.79. The Hall–Kier alpha value is -2.79. The average molecular weight is 357 g/mol. The highest BCUT2D eigenvalue weighted by Gasteiger charge is 2.20. The maximum Gasteiger partial charge on any atom is 0.291 e. The smallest absolute Gasteiger partial charge is 0.291 e. The summed E-state index contributed by atoms with van der Waals surface area (Å²) in [6.45, 7) is 5.08. The van der Waals surface area contributed by atoms with E-state index in [9.17, 15) is 9.59 Å². The van der Waals surface area contributed by atoms with Crippen molar-refractivity contribution in [3.8, 4) is 0 Å². The minimum Gasteiger partial charge on any atom is -0.449 e. The lowest BCUT2D eigenvalue weighted by Gasteiger charge is -2.12. The molecule has 0 saturated carbocycles. The zero-order valence-electron chi connectivity index (χ0n) is 14.1. The second kappa shape index (κ2) is 6.61. The monoisotopic (exact) mass is 356 g/mol. The van der Waals surface area contributed by atoms with Crippen LogP contribution in [0, 0.1) is 13.8 Å². The van der Waals surface area contributed by atoms with E-state index in [0.29, 0.717) is 22.0 Å². The van der Waals surface area contributed by atoms with E-state index in [0.717, 1.165) is 16.5 Å². The molecule has 128 valence electrons. The summed E-state index contributed by atoms with van der Waals surface area (Å²) in [7, 11) is 0. The van der Waals surface area contributed by atoms with E-state index in [-0.39, 0.29) is 17.6 Å². The standard InChI is InChI=1S/C19H17ClN2O3/c1-10-13-6-4-7-14(20)18(13)25-17(10)19(24)22-16-9-5-8-15(11(16)2)21-12(3)23/h4-9H,1-3H3,(H,21,23)(H,22,24). The zero-order chi connectivity index (χ0) is 18.1. The van der Waals surface area contributed by atoms with Crippen LogP contribution in [-0.4, -0.2) is 11.8 Å².